The SMILES string of the molecule is O=C(CCCCCCC(=O)C(=O)O)Nc1ccccc1. The molecule has 0 fully saturated rings. The summed E-state index contributed by atoms with van der Waals surface area (Å²) in [6.07, 6.45) is 3.38. The standard InChI is InChI=1S/C15H19NO4/c17-13(15(19)20)10-6-1-2-7-11-14(18)16-12-8-4-3-5-9-12/h3-5,8-9H,1-2,6-7,10-11H2,(H,16,18)(H,19,20). The molecule has 1 aromatic rings. The van der Waals surface area contributed by atoms with Gasteiger partial charge >= 0.3 is 5.97 Å². The summed E-state index contributed by atoms with van der Waals surface area (Å²) < 4.78 is 0. The third-order valence-electron chi connectivity index (χ3n) is 2.85. The predicted octanol–water partition coefficient (Wildman–Crippen LogP) is 2.62. The highest BCUT2D eigenvalue weighted by Crippen LogP contribution is 2.09. The summed E-state index contributed by atoms with van der Waals surface area (Å²) in [6.45, 7) is 0. The van der Waals surface area contributed by atoms with Crippen molar-refractivity contribution in [3.8, 4) is 0 Å². The molecule has 2 N–H and O–H groups in total. The quantitative estimate of drug-likeness (QED) is 0.537. The van der Waals surface area contributed by atoms with Gasteiger partial charge in [-0.2, -0.15) is 0 Å². The second-order valence-corrected chi connectivity index (χ2v) is 4.56. The van der Waals surface area contributed by atoms with E-state index in [1.54, 1.807) is 0 Å². The van der Waals surface area contributed by atoms with Gasteiger partial charge in [0.1, 0.15) is 0 Å². The maximum atomic E-state index is 11.6. The highest BCUT2D eigenvalue weighted by Gasteiger charge is 2.09. The molecule has 0 radical (unpaired) electrons. The first kappa shape index (κ1) is 15.9. The fourth-order valence-corrected chi connectivity index (χ4v) is 1.78. The average Bonchev–Trinajstić information content (AvgIpc) is 2.43. The van der Waals surface area contributed by atoms with Crippen molar-refractivity contribution >= 4 is 23.3 Å². The van der Waals surface area contributed by atoms with Gasteiger partial charge in [0, 0.05) is 18.5 Å². The number of carbonyl (C=O) groups is 3. The molecule has 1 amide bonds. The van der Waals surface area contributed by atoms with Crippen LogP contribution in [0.5, 0.6) is 0 Å². The van der Waals surface area contributed by atoms with E-state index in [1.807, 2.05) is 30.3 Å². The van der Waals surface area contributed by atoms with E-state index in [-0.39, 0.29) is 12.3 Å². The summed E-state index contributed by atoms with van der Waals surface area (Å²) in [6, 6.07) is 9.25. The van der Waals surface area contributed by atoms with Gasteiger partial charge in [-0.1, -0.05) is 31.0 Å². The number of rotatable bonds is 9. The van der Waals surface area contributed by atoms with E-state index in [2.05, 4.69) is 5.32 Å². The van der Waals surface area contributed by atoms with Gasteiger partial charge in [-0.3, -0.25) is 9.59 Å². The molecule has 0 bridgehead atoms. The van der Waals surface area contributed by atoms with Gasteiger partial charge in [0.15, 0.2) is 0 Å². The first-order valence-corrected chi connectivity index (χ1v) is 6.70. The molecule has 0 aliphatic rings. The molecule has 0 aliphatic carbocycles. The van der Waals surface area contributed by atoms with E-state index in [1.165, 1.54) is 0 Å². The topological polar surface area (TPSA) is 83.5 Å². The molecule has 20 heavy (non-hydrogen) atoms. The average molecular weight is 277 g/mol. The maximum absolute atomic E-state index is 11.6. The Hall–Kier alpha value is -2.17. The van der Waals surface area contributed by atoms with E-state index in [4.69, 9.17) is 5.11 Å². The number of carbonyl (C=O) groups excluding carboxylic acids is 2. The molecular weight excluding hydrogens is 258 g/mol. The van der Waals surface area contributed by atoms with E-state index >= 15 is 0 Å². The molecule has 1 rings (SSSR count). The molecule has 0 atom stereocenters. The van der Waals surface area contributed by atoms with Crippen LogP contribution < -0.4 is 5.32 Å². The van der Waals surface area contributed by atoms with Gasteiger partial charge < -0.3 is 10.4 Å². The number of para-hydroxylation sites is 1. The molecular formula is C15H19NO4. The molecule has 1 aromatic carbocycles. The number of anilines is 1. The summed E-state index contributed by atoms with van der Waals surface area (Å²) in [5.41, 5.74) is 0.782. The normalized spacial score (nSPS) is 10.0. The summed E-state index contributed by atoms with van der Waals surface area (Å²) in [4.78, 5) is 32.7. The monoisotopic (exact) mass is 277 g/mol. The summed E-state index contributed by atoms with van der Waals surface area (Å²) >= 11 is 0. The highest BCUT2D eigenvalue weighted by atomic mass is 16.4. The second-order valence-electron chi connectivity index (χ2n) is 4.56. The minimum Gasteiger partial charge on any atom is -0.476 e. The molecule has 108 valence electrons. The minimum atomic E-state index is -1.37. The zero-order chi connectivity index (χ0) is 14.8. The smallest absolute Gasteiger partial charge is 0.372 e. The third kappa shape index (κ3) is 6.68. The van der Waals surface area contributed by atoms with Crippen molar-refractivity contribution in [1.82, 2.24) is 0 Å². The molecule has 0 unspecified atom stereocenters. The van der Waals surface area contributed by atoms with Crippen LogP contribution in [0.25, 0.3) is 0 Å². The number of ketones is 1. The van der Waals surface area contributed by atoms with Crippen molar-refractivity contribution in [2.75, 3.05) is 5.32 Å². The third-order valence-corrected chi connectivity index (χ3v) is 2.85. The molecule has 0 heterocycles. The Morgan fingerprint density at radius 3 is 2.10 bits per heavy atom. The Morgan fingerprint density at radius 2 is 1.50 bits per heavy atom. The lowest BCUT2D eigenvalue weighted by molar-refractivity contribution is -0.149. The van der Waals surface area contributed by atoms with Crippen LogP contribution >= 0.6 is 0 Å². The van der Waals surface area contributed by atoms with Crippen LogP contribution in [-0.4, -0.2) is 22.8 Å². The number of hydrogen-bond acceptors (Lipinski definition) is 3. The van der Waals surface area contributed by atoms with E-state index in [9.17, 15) is 14.4 Å². The van der Waals surface area contributed by atoms with Gasteiger partial charge in [0.2, 0.25) is 11.7 Å². The van der Waals surface area contributed by atoms with Crippen LogP contribution in [0.2, 0.25) is 0 Å². The first-order chi connectivity index (χ1) is 9.59. The number of hydrogen-bond donors (Lipinski definition) is 2. The van der Waals surface area contributed by atoms with Crippen LogP contribution in [0.1, 0.15) is 38.5 Å². The second kappa shape index (κ2) is 8.85. The summed E-state index contributed by atoms with van der Waals surface area (Å²) in [5.74, 6) is -2.14. The highest BCUT2D eigenvalue weighted by molar-refractivity contribution is 6.32. The number of unbranched alkanes of at least 4 members (excludes halogenated alkanes) is 3. The lowest BCUT2D eigenvalue weighted by Gasteiger charge is -2.04. The van der Waals surface area contributed by atoms with Crippen LogP contribution in [0.15, 0.2) is 30.3 Å². The Labute approximate surface area is 118 Å². The molecule has 0 saturated heterocycles. The number of carboxylic acid groups (broad SMARTS) is 1. The fourth-order valence-electron chi connectivity index (χ4n) is 1.78. The van der Waals surface area contributed by atoms with Crippen molar-refractivity contribution in [3.63, 3.8) is 0 Å². The Kier molecular flexibility index (Phi) is 7.03. The largest absolute Gasteiger partial charge is 0.476 e. The van der Waals surface area contributed by atoms with Crippen molar-refractivity contribution in [2.24, 2.45) is 0 Å². The lowest BCUT2D eigenvalue weighted by atomic mass is 10.1. The molecule has 5 nitrogen and oxygen atoms in total. The zero-order valence-corrected chi connectivity index (χ0v) is 11.3. The Bertz CT molecular complexity index is 456. The lowest BCUT2D eigenvalue weighted by Crippen LogP contribution is -2.12. The number of aliphatic carboxylic acids is 1. The summed E-state index contributed by atoms with van der Waals surface area (Å²) in [5, 5.41) is 11.2. The van der Waals surface area contributed by atoms with Gasteiger partial charge in [0.25, 0.3) is 0 Å². The van der Waals surface area contributed by atoms with Crippen LogP contribution in [0.4, 0.5) is 5.69 Å². The Balaban J connectivity index is 2.05. The van der Waals surface area contributed by atoms with Gasteiger partial charge in [-0.15, -0.1) is 0 Å². The van der Waals surface area contributed by atoms with Gasteiger partial charge in [-0.05, 0) is 25.0 Å². The van der Waals surface area contributed by atoms with E-state index in [0.717, 1.165) is 24.9 Å². The van der Waals surface area contributed by atoms with Crippen LogP contribution in [-0.2, 0) is 14.4 Å². The predicted molar refractivity (Wildman–Crippen MR) is 75.4 cm³/mol. The van der Waals surface area contributed by atoms with E-state index < -0.39 is 11.8 Å². The molecule has 5 heteroatoms. The fraction of sp³-hybridized carbons (Fsp3) is 0.400. The number of carboxylic acids is 1. The number of amides is 1. The van der Waals surface area contributed by atoms with Gasteiger partial charge in [0.05, 0.1) is 0 Å². The summed E-state index contributed by atoms with van der Waals surface area (Å²) in [7, 11) is 0. The molecule has 0 spiro atoms. The number of Topliss-reactive ketones (excluding diaryl/α,β-unsaturated/α-hetero) is 1. The minimum absolute atomic E-state index is 0.0298. The first-order valence-electron chi connectivity index (χ1n) is 6.70. The van der Waals surface area contributed by atoms with Crippen LogP contribution in [0.3, 0.4) is 0 Å². The van der Waals surface area contributed by atoms with E-state index in [0.29, 0.717) is 12.8 Å². The zero-order valence-electron chi connectivity index (χ0n) is 11.3. The van der Waals surface area contributed by atoms with Crippen LogP contribution in [0, 0.1) is 0 Å². The number of nitrogens with one attached hydrogen (secondary N) is 1. The molecule has 0 aliphatic heterocycles. The molecule has 0 saturated carbocycles. The molecule has 0 aromatic heterocycles. The van der Waals surface area contributed by atoms with Gasteiger partial charge in [-0.25, -0.2) is 4.79 Å². The van der Waals surface area contributed by atoms with Crippen molar-refractivity contribution in [1.29, 1.82) is 0 Å². The Morgan fingerprint density at radius 1 is 0.900 bits per heavy atom. The van der Waals surface area contributed by atoms with Crippen molar-refractivity contribution in [3.05, 3.63) is 30.3 Å². The van der Waals surface area contributed by atoms with Crippen molar-refractivity contribution < 1.29 is 19.5 Å². The maximum Gasteiger partial charge on any atom is 0.372 e. The van der Waals surface area contributed by atoms with Crippen molar-refractivity contribution in [2.45, 2.75) is 38.5 Å². The number of benzene rings is 1.